The predicted octanol–water partition coefficient (Wildman–Crippen LogP) is 2.98. The Bertz CT molecular complexity index is 1090. The quantitative estimate of drug-likeness (QED) is 0.662. The van der Waals surface area contributed by atoms with Gasteiger partial charge in [-0.25, -0.2) is 17.2 Å². The SMILES string of the molecule is O=S(=O)(c1ccc(F)c(F)c1)N1CCC[C@@H](c2nnc(-c3cccnc3)o2)C1. The number of halogens is 2. The minimum atomic E-state index is -3.96. The Balaban J connectivity index is 1.56. The van der Waals surface area contributed by atoms with Crippen LogP contribution in [0.5, 0.6) is 0 Å². The number of aromatic nitrogens is 3. The van der Waals surface area contributed by atoms with Crippen LogP contribution in [-0.2, 0) is 10.0 Å². The highest BCUT2D eigenvalue weighted by molar-refractivity contribution is 7.89. The molecule has 28 heavy (non-hydrogen) atoms. The number of benzene rings is 1. The molecule has 7 nitrogen and oxygen atoms in total. The Morgan fingerprint density at radius 3 is 2.75 bits per heavy atom. The number of piperidine rings is 1. The van der Waals surface area contributed by atoms with E-state index in [1.165, 1.54) is 4.31 Å². The fourth-order valence-corrected chi connectivity index (χ4v) is 4.69. The third kappa shape index (κ3) is 3.52. The molecule has 2 aromatic heterocycles. The molecule has 0 spiro atoms. The van der Waals surface area contributed by atoms with Gasteiger partial charge in [0.1, 0.15) is 0 Å². The van der Waals surface area contributed by atoms with Crippen molar-refractivity contribution >= 4 is 10.0 Å². The van der Waals surface area contributed by atoms with Crippen molar-refractivity contribution in [2.45, 2.75) is 23.7 Å². The minimum absolute atomic E-state index is 0.121. The second-order valence-corrected chi connectivity index (χ2v) is 8.40. The van der Waals surface area contributed by atoms with Gasteiger partial charge in [0.25, 0.3) is 0 Å². The lowest BCUT2D eigenvalue weighted by Crippen LogP contribution is -2.39. The van der Waals surface area contributed by atoms with Gasteiger partial charge in [-0.2, -0.15) is 4.31 Å². The topological polar surface area (TPSA) is 89.2 Å². The Hall–Kier alpha value is -2.72. The average Bonchev–Trinajstić information content (AvgIpc) is 3.21. The zero-order valence-electron chi connectivity index (χ0n) is 14.6. The monoisotopic (exact) mass is 406 g/mol. The summed E-state index contributed by atoms with van der Waals surface area (Å²) in [5.74, 6) is -1.93. The molecule has 3 aromatic rings. The molecule has 146 valence electrons. The fourth-order valence-electron chi connectivity index (χ4n) is 3.15. The van der Waals surface area contributed by atoms with E-state index in [0.717, 1.165) is 12.1 Å². The van der Waals surface area contributed by atoms with Crippen molar-refractivity contribution in [3.8, 4) is 11.5 Å². The molecule has 1 aliphatic rings. The highest BCUT2D eigenvalue weighted by Gasteiger charge is 2.33. The highest BCUT2D eigenvalue weighted by Crippen LogP contribution is 2.31. The first-order chi connectivity index (χ1) is 13.4. The Kier molecular flexibility index (Phi) is 4.90. The van der Waals surface area contributed by atoms with E-state index in [1.807, 2.05) is 0 Å². The van der Waals surface area contributed by atoms with E-state index in [1.54, 1.807) is 24.5 Å². The van der Waals surface area contributed by atoms with E-state index in [2.05, 4.69) is 15.2 Å². The van der Waals surface area contributed by atoms with E-state index < -0.39 is 21.7 Å². The molecule has 4 rings (SSSR count). The van der Waals surface area contributed by atoms with Crippen molar-refractivity contribution < 1.29 is 21.6 Å². The van der Waals surface area contributed by atoms with Crippen LogP contribution >= 0.6 is 0 Å². The van der Waals surface area contributed by atoms with Crippen LogP contribution < -0.4 is 0 Å². The summed E-state index contributed by atoms with van der Waals surface area (Å²) in [5.41, 5.74) is 0.670. The summed E-state index contributed by atoms with van der Waals surface area (Å²) in [7, 11) is -3.96. The van der Waals surface area contributed by atoms with Crippen LogP contribution in [0.25, 0.3) is 11.5 Å². The summed E-state index contributed by atoms with van der Waals surface area (Å²) < 4.78 is 59.2. The van der Waals surface area contributed by atoms with Crippen LogP contribution in [0.15, 0.2) is 52.0 Å². The molecule has 0 radical (unpaired) electrons. The number of pyridine rings is 1. The van der Waals surface area contributed by atoms with Gasteiger partial charge in [-0.15, -0.1) is 10.2 Å². The zero-order chi connectivity index (χ0) is 19.7. The average molecular weight is 406 g/mol. The van der Waals surface area contributed by atoms with Crippen LogP contribution in [0.3, 0.4) is 0 Å². The fraction of sp³-hybridized carbons (Fsp3) is 0.278. The number of hydrogen-bond donors (Lipinski definition) is 0. The van der Waals surface area contributed by atoms with E-state index in [-0.39, 0.29) is 23.9 Å². The zero-order valence-corrected chi connectivity index (χ0v) is 15.4. The van der Waals surface area contributed by atoms with E-state index in [9.17, 15) is 17.2 Å². The van der Waals surface area contributed by atoms with Gasteiger partial charge in [0, 0.05) is 25.5 Å². The normalized spacial score (nSPS) is 18.3. The number of hydrogen-bond acceptors (Lipinski definition) is 6. The Morgan fingerprint density at radius 1 is 1.14 bits per heavy atom. The lowest BCUT2D eigenvalue weighted by Gasteiger charge is -2.30. The standard InChI is InChI=1S/C18H16F2N4O3S/c19-15-6-5-14(9-16(15)20)28(25,26)24-8-2-4-13(11-24)18-23-22-17(27-18)12-3-1-7-21-10-12/h1,3,5-7,9-10,13H,2,4,8,11H2/t13-/m1/s1. The summed E-state index contributed by atoms with van der Waals surface area (Å²) in [6, 6.07) is 6.09. The largest absolute Gasteiger partial charge is 0.420 e. The lowest BCUT2D eigenvalue weighted by molar-refractivity contribution is 0.286. The molecule has 0 bridgehead atoms. The predicted molar refractivity (Wildman–Crippen MR) is 94.6 cm³/mol. The first kappa shape index (κ1) is 18.6. The first-order valence-corrected chi connectivity index (χ1v) is 10.1. The molecule has 1 aromatic carbocycles. The smallest absolute Gasteiger partial charge is 0.249 e. The van der Waals surface area contributed by atoms with Gasteiger partial charge in [0.15, 0.2) is 11.6 Å². The summed E-state index contributed by atoms with van der Waals surface area (Å²) in [4.78, 5) is 3.72. The molecule has 1 fully saturated rings. The molecule has 1 aliphatic heterocycles. The van der Waals surface area contributed by atoms with Gasteiger partial charge in [0.05, 0.1) is 16.4 Å². The van der Waals surface area contributed by atoms with Gasteiger partial charge in [-0.3, -0.25) is 4.98 Å². The second-order valence-electron chi connectivity index (χ2n) is 6.47. The van der Waals surface area contributed by atoms with Crippen molar-refractivity contribution in [3.63, 3.8) is 0 Å². The van der Waals surface area contributed by atoms with Crippen molar-refractivity contribution in [1.82, 2.24) is 19.5 Å². The number of rotatable bonds is 4. The third-order valence-electron chi connectivity index (χ3n) is 4.61. The maximum atomic E-state index is 13.5. The van der Waals surface area contributed by atoms with Gasteiger partial charge in [-0.1, -0.05) is 0 Å². The van der Waals surface area contributed by atoms with Crippen molar-refractivity contribution in [2.24, 2.45) is 0 Å². The highest BCUT2D eigenvalue weighted by atomic mass is 32.2. The van der Waals surface area contributed by atoms with E-state index in [4.69, 9.17) is 4.42 Å². The van der Waals surface area contributed by atoms with Crippen LogP contribution in [0.4, 0.5) is 8.78 Å². The van der Waals surface area contributed by atoms with Crippen LogP contribution in [0, 0.1) is 11.6 Å². The van der Waals surface area contributed by atoms with E-state index in [0.29, 0.717) is 36.3 Å². The van der Waals surface area contributed by atoms with E-state index >= 15 is 0 Å². The first-order valence-electron chi connectivity index (χ1n) is 8.64. The van der Waals surface area contributed by atoms with Crippen LogP contribution in [0.2, 0.25) is 0 Å². The summed E-state index contributed by atoms with van der Waals surface area (Å²) in [6.45, 7) is 0.400. The van der Waals surface area contributed by atoms with Gasteiger partial charge >= 0.3 is 0 Å². The van der Waals surface area contributed by atoms with Gasteiger partial charge in [0.2, 0.25) is 21.8 Å². The van der Waals surface area contributed by atoms with Crippen molar-refractivity contribution in [2.75, 3.05) is 13.1 Å². The molecule has 1 atom stereocenters. The molecule has 0 aliphatic carbocycles. The number of sulfonamides is 1. The molecule has 10 heteroatoms. The molecular formula is C18H16F2N4O3S. The maximum Gasteiger partial charge on any atom is 0.249 e. The molecule has 1 saturated heterocycles. The third-order valence-corrected chi connectivity index (χ3v) is 6.47. The summed E-state index contributed by atoms with van der Waals surface area (Å²) in [6.07, 6.45) is 4.48. The van der Waals surface area contributed by atoms with Gasteiger partial charge < -0.3 is 4.42 Å². The van der Waals surface area contributed by atoms with Crippen molar-refractivity contribution in [1.29, 1.82) is 0 Å². The van der Waals surface area contributed by atoms with Crippen molar-refractivity contribution in [3.05, 3.63) is 60.3 Å². The molecule has 0 N–H and O–H groups in total. The Morgan fingerprint density at radius 2 is 2.00 bits per heavy atom. The summed E-state index contributed by atoms with van der Waals surface area (Å²) >= 11 is 0. The Labute approximate surface area is 160 Å². The molecule has 0 unspecified atom stereocenters. The lowest BCUT2D eigenvalue weighted by atomic mass is 10.00. The minimum Gasteiger partial charge on any atom is -0.420 e. The van der Waals surface area contributed by atoms with Gasteiger partial charge in [-0.05, 0) is 43.2 Å². The van der Waals surface area contributed by atoms with Crippen LogP contribution in [0.1, 0.15) is 24.7 Å². The molecule has 0 amide bonds. The van der Waals surface area contributed by atoms with Crippen LogP contribution in [-0.4, -0.2) is 41.0 Å². The number of nitrogens with zero attached hydrogens (tertiary/aromatic N) is 4. The molecule has 3 heterocycles. The second kappa shape index (κ2) is 7.36. The molecule has 0 saturated carbocycles. The maximum absolute atomic E-state index is 13.5. The molecular weight excluding hydrogens is 390 g/mol. The summed E-state index contributed by atoms with van der Waals surface area (Å²) in [5, 5.41) is 8.07.